The van der Waals surface area contributed by atoms with Crippen molar-refractivity contribution in [3.8, 4) is 16.9 Å². The fraction of sp³-hybridized carbons (Fsp3) is 0.320. The second-order valence-corrected chi connectivity index (χ2v) is 10.8. The van der Waals surface area contributed by atoms with Gasteiger partial charge in [0.2, 0.25) is 0 Å². The molecule has 208 valence electrons. The molecule has 2 aromatic carbocycles. The van der Waals surface area contributed by atoms with Gasteiger partial charge in [-0.2, -0.15) is 5.09 Å². The van der Waals surface area contributed by atoms with Crippen molar-refractivity contribution in [1.29, 1.82) is 0 Å². The number of benzene rings is 2. The average molecular weight is 563 g/mol. The van der Waals surface area contributed by atoms with E-state index >= 15 is 4.39 Å². The number of halogens is 1. The van der Waals surface area contributed by atoms with E-state index in [9.17, 15) is 29.2 Å². The molecular weight excluding hydrogens is 536 g/mol. The molecule has 2 unspecified atom stereocenters. The summed E-state index contributed by atoms with van der Waals surface area (Å²) in [5.74, 6) is -1.25. The SMILES string of the molecule is CC(NP(=O)(OC[C@H]1O[C@@H](n2ccc(=O)[nH]c2=O)[C@](C)(F)[C@@H]1O)Oc1ccc(-c2ccccc2)cc1)C(=O)O. The van der Waals surface area contributed by atoms with Gasteiger partial charge in [0, 0.05) is 12.3 Å². The van der Waals surface area contributed by atoms with Crippen LogP contribution in [0.5, 0.6) is 5.75 Å². The average Bonchev–Trinajstić information content (AvgIpc) is 3.12. The number of carbonyl (C=O) groups is 1. The molecule has 39 heavy (non-hydrogen) atoms. The van der Waals surface area contributed by atoms with Crippen LogP contribution in [-0.2, 0) is 18.6 Å². The van der Waals surface area contributed by atoms with E-state index in [0.29, 0.717) is 0 Å². The van der Waals surface area contributed by atoms with Gasteiger partial charge in [-0.05, 0) is 37.1 Å². The van der Waals surface area contributed by atoms with Crippen molar-refractivity contribution in [3.05, 3.63) is 87.7 Å². The Morgan fingerprint density at radius 2 is 1.82 bits per heavy atom. The molecule has 14 heteroatoms. The topological polar surface area (TPSA) is 169 Å². The van der Waals surface area contributed by atoms with Crippen LogP contribution in [0.4, 0.5) is 4.39 Å². The molecule has 0 aliphatic carbocycles. The number of nitrogens with zero attached hydrogens (tertiary/aromatic N) is 1. The third-order valence-corrected chi connectivity index (χ3v) is 7.78. The smallest absolute Gasteiger partial charge is 0.459 e. The van der Waals surface area contributed by atoms with E-state index in [4.69, 9.17) is 13.8 Å². The Bertz CT molecular complexity index is 1480. The fourth-order valence-corrected chi connectivity index (χ4v) is 5.50. The summed E-state index contributed by atoms with van der Waals surface area (Å²) in [4.78, 5) is 36.9. The minimum absolute atomic E-state index is 0.0870. The standard InChI is InChI=1S/C25H27FN3O9P/c1-15(22(32)33)28-39(35,38-18-10-8-17(9-11-18)16-6-4-3-5-7-16)36-14-19-21(31)25(2,26)23(37-19)29-13-12-20(30)27-24(29)34/h3-13,15,19,21,23,31H,14H2,1-2H3,(H,28,35)(H,32,33)(H,27,30,34)/t15?,19-,21-,23-,25-,39?/m1/s1. The van der Waals surface area contributed by atoms with Crippen LogP contribution in [-0.4, -0.2) is 56.3 Å². The maximum Gasteiger partial charge on any atom is 0.459 e. The molecule has 3 aromatic rings. The Labute approximate surface area is 221 Å². The van der Waals surface area contributed by atoms with Crippen molar-refractivity contribution < 1.29 is 37.7 Å². The molecule has 2 heterocycles. The number of rotatable bonds is 10. The lowest BCUT2D eigenvalue weighted by molar-refractivity contribution is -0.138. The van der Waals surface area contributed by atoms with Gasteiger partial charge in [-0.3, -0.25) is 23.7 Å². The van der Waals surface area contributed by atoms with Gasteiger partial charge in [0.15, 0.2) is 11.9 Å². The van der Waals surface area contributed by atoms with E-state index in [0.717, 1.165) is 34.9 Å². The van der Waals surface area contributed by atoms with Gasteiger partial charge in [-0.25, -0.2) is 13.8 Å². The van der Waals surface area contributed by atoms with Crippen LogP contribution in [0.15, 0.2) is 76.4 Å². The summed E-state index contributed by atoms with van der Waals surface area (Å²) in [5.41, 5.74) is -2.41. The number of H-pyrrole nitrogens is 1. The molecule has 1 aliphatic rings. The van der Waals surface area contributed by atoms with Crippen LogP contribution in [0.25, 0.3) is 11.1 Å². The highest BCUT2D eigenvalue weighted by Crippen LogP contribution is 2.47. The summed E-state index contributed by atoms with van der Waals surface area (Å²) in [7, 11) is -4.43. The highest BCUT2D eigenvalue weighted by molar-refractivity contribution is 7.52. The number of aromatic nitrogens is 2. The molecular formula is C25H27FN3O9P. The van der Waals surface area contributed by atoms with Crippen LogP contribution >= 0.6 is 7.75 Å². The monoisotopic (exact) mass is 563 g/mol. The lowest BCUT2D eigenvalue weighted by Crippen LogP contribution is -2.43. The molecule has 1 aromatic heterocycles. The number of aliphatic hydroxyl groups excluding tert-OH is 1. The van der Waals surface area contributed by atoms with Gasteiger partial charge in [0.05, 0.1) is 6.61 Å². The lowest BCUT2D eigenvalue weighted by Gasteiger charge is -2.25. The third kappa shape index (κ3) is 6.35. The van der Waals surface area contributed by atoms with Crippen LogP contribution in [0.3, 0.4) is 0 Å². The molecule has 0 spiro atoms. The van der Waals surface area contributed by atoms with Crippen LogP contribution in [0.1, 0.15) is 20.1 Å². The zero-order valence-electron chi connectivity index (χ0n) is 20.9. The molecule has 1 aliphatic heterocycles. The van der Waals surface area contributed by atoms with Crippen molar-refractivity contribution in [2.75, 3.05) is 6.61 Å². The van der Waals surface area contributed by atoms with Crippen molar-refractivity contribution in [2.24, 2.45) is 0 Å². The maximum atomic E-state index is 15.5. The largest absolute Gasteiger partial charge is 0.480 e. The molecule has 0 amide bonds. The maximum absolute atomic E-state index is 15.5. The highest BCUT2D eigenvalue weighted by atomic mass is 31.2. The van der Waals surface area contributed by atoms with E-state index in [2.05, 4.69) is 5.09 Å². The number of ether oxygens (including phenoxy) is 1. The lowest BCUT2D eigenvalue weighted by atomic mass is 9.98. The number of aliphatic hydroxyl groups is 1. The van der Waals surface area contributed by atoms with E-state index in [-0.39, 0.29) is 5.75 Å². The number of aliphatic carboxylic acids is 1. The van der Waals surface area contributed by atoms with Crippen LogP contribution in [0, 0.1) is 0 Å². The van der Waals surface area contributed by atoms with Gasteiger partial charge in [0.1, 0.15) is 24.0 Å². The van der Waals surface area contributed by atoms with Crippen molar-refractivity contribution in [3.63, 3.8) is 0 Å². The molecule has 0 radical (unpaired) electrons. The Hall–Kier alpha value is -3.61. The van der Waals surface area contributed by atoms with Gasteiger partial charge in [-0.15, -0.1) is 0 Å². The number of alkyl halides is 1. The number of hydrogen-bond acceptors (Lipinski definition) is 8. The Morgan fingerprint density at radius 1 is 1.18 bits per heavy atom. The zero-order valence-corrected chi connectivity index (χ0v) is 21.8. The molecule has 4 rings (SSSR count). The van der Waals surface area contributed by atoms with E-state index < -0.39 is 61.7 Å². The second kappa shape index (κ2) is 11.2. The minimum Gasteiger partial charge on any atom is -0.480 e. The molecule has 6 atom stereocenters. The third-order valence-electron chi connectivity index (χ3n) is 6.14. The van der Waals surface area contributed by atoms with Gasteiger partial charge in [-0.1, -0.05) is 42.5 Å². The molecule has 12 nitrogen and oxygen atoms in total. The number of carboxylic acids is 1. The first-order valence-corrected chi connectivity index (χ1v) is 13.4. The Balaban J connectivity index is 1.53. The second-order valence-electron chi connectivity index (χ2n) is 9.10. The van der Waals surface area contributed by atoms with Crippen molar-refractivity contribution in [2.45, 2.75) is 44.0 Å². The fourth-order valence-electron chi connectivity index (χ4n) is 3.99. The number of hydrogen-bond donors (Lipinski definition) is 4. The van der Waals surface area contributed by atoms with Crippen molar-refractivity contribution in [1.82, 2.24) is 14.6 Å². The number of nitrogens with one attached hydrogen (secondary N) is 2. The number of aromatic amines is 1. The van der Waals surface area contributed by atoms with E-state index in [1.165, 1.54) is 19.1 Å². The molecule has 4 N–H and O–H groups in total. The van der Waals surface area contributed by atoms with Gasteiger partial charge in [0.25, 0.3) is 5.56 Å². The normalized spacial score (nSPS) is 25.1. The highest BCUT2D eigenvalue weighted by Gasteiger charge is 2.55. The van der Waals surface area contributed by atoms with Gasteiger partial charge < -0.3 is 19.5 Å². The van der Waals surface area contributed by atoms with Gasteiger partial charge >= 0.3 is 19.4 Å². The van der Waals surface area contributed by atoms with E-state index in [1.54, 1.807) is 12.1 Å². The summed E-state index contributed by atoms with van der Waals surface area (Å²) >= 11 is 0. The molecule has 1 fully saturated rings. The predicted octanol–water partition coefficient (Wildman–Crippen LogP) is 2.46. The predicted molar refractivity (Wildman–Crippen MR) is 137 cm³/mol. The van der Waals surface area contributed by atoms with Crippen LogP contribution in [0.2, 0.25) is 0 Å². The summed E-state index contributed by atoms with van der Waals surface area (Å²) in [6, 6.07) is 15.5. The van der Waals surface area contributed by atoms with E-state index in [1.807, 2.05) is 35.3 Å². The number of carboxylic acid groups (broad SMARTS) is 1. The van der Waals surface area contributed by atoms with Crippen molar-refractivity contribution >= 4 is 13.7 Å². The first-order chi connectivity index (χ1) is 18.4. The Kier molecular flexibility index (Phi) is 8.19. The molecule has 1 saturated heterocycles. The Morgan fingerprint density at radius 3 is 2.44 bits per heavy atom. The quantitative estimate of drug-likeness (QED) is 0.269. The summed E-state index contributed by atoms with van der Waals surface area (Å²) < 4.78 is 46.3. The first kappa shape index (κ1) is 28.4. The van der Waals surface area contributed by atoms with Crippen LogP contribution < -0.4 is 20.9 Å². The minimum atomic E-state index is -4.43. The zero-order chi connectivity index (χ0) is 28.4. The summed E-state index contributed by atoms with van der Waals surface area (Å²) in [6.45, 7) is 1.52. The summed E-state index contributed by atoms with van der Waals surface area (Å²) in [6.07, 6.45) is -3.93. The molecule has 0 saturated carbocycles. The summed E-state index contributed by atoms with van der Waals surface area (Å²) in [5, 5.41) is 22.2. The molecule has 0 bridgehead atoms. The first-order valence-electron chi connectivity index (χ1n) is 11.8.